The summed E-state index contributed by atoms with van der Waals surface area (Å²) in [6.45, 7) is 2.28. The third-order valence-corrected chi connectivity index (χ3v) is 7.99. The van der Waals surface area contributed by atoms with Crippen molar-refractivity contribution in [3.05, 3.63) is 30.3 Å². The number of ether oxygens (including phenoxy) is 1. The largest absolute Gasteiger partial charge is 0.473 e. The molecule has 0 aliphatic heterocycles. The fraction of sp³-hybridized carbons (Fsp3) is 0.435. The van der Waals surface area contributed by atoms with E-state index in [1.165, 1.54) is 35.9 Å². The van der Waals surface area contributed by atoms with Crippen LogP contribution in [0.2, 0.25) is 0 Å². The first-order chi connectivity index (χ1) is 16.1. The van der Waals surface area contributed by atoms with Crippen molar-refractivity contribution in [2.75, 3.05) is 5.32 Å². The first-order valence-electron chi connectivity index (χ1n) is 11.4. The minimum Gasteiger partial charge on any atom is -0.473 e. The molecule has 2 aliphatic carbocycles. The summed E-state index contributed by atoms with van der Waals surface area (Å²) in [7, 11) is 0. The number of benzene rings is 1. The minimum atomic E-state index is 0.0744. The van der Waals surface area contributed by atoms with Gasteiger partial charge in [-0.15, -0.1) is 15.3 Å². The lowest BCUT2D eigenvalue weighted by Crippen LogP contribution is -2.24. The number of aromatic nitrogens is 5. The van der Waals surface area contributed by atoms with E-state index in [-0.39, 0.29) is 17.9 Å². The van der Waals surface area contributed by atoms with Gasteiger partial charge in [0.2, 0.25) is 16.9 Å². The highest BCUT2D eigenvalue weighted by Crippen LogP contribution is 2.35. The van der Waals surface area contributed by atoms with E-state index in [0.717, 1.165) is 40.8 Å². The van der Waals surface area contributed by atoms with Crippen LogP contribution in [0.1, 0.15) is 45.4 Å². The summed E-state index contributed by atoms with van der Waals surface area (Å²) < 4.78 is 8.94. The van der Waals surface area contributed by atoms with Gasteiger partial charge in [-0.05, 0) is 74.0 Å². The van der Waals surface area contributed by atoms with Gasteiger partial charge in [-0.1, -0.05) is 24.7 Å². The Morgan fingerprint density at radius 1 is 1.18 bits per heavy atom. The maximum atomic E-state index is 12.0. The number of hydrogen-bond donors (Lipinski definition) is 1. The predicted molar refractivity (Wildman–Crippen MR) is 128 cm³/mol. The molecule has 10 heteroatoms. The van der Waals surface area contributed by atoms with Gasteiger partial charge in [-0.25, -0.2) is 4.98 Å². The minimum absolute atomic E-state index is 0.0744. The van der Waals surface area contributed by atoms with E-state index in [2.05, 4.69) is 38.6 Å². The highest BCUT2D eigenvalue weighted by atomic mass is 32.2. The molecule has 170 valence electrons. The van der Waals surface area contributed by atoms with Crippen molar-refractivity contribution in [2.45, 2.75) is 61.6 Å². The van der Waals surface area contributed by atoms with Crippen LogP contribution in [0.4, 0.5) is 5.13 Å². The molecule has 8 nitrogen and oxygen atoms in total. The van der Waals surface area contributed by atoms with Crippen LogP contribution in [0.5, 0.6) is 5.88 Å². The molecule has 0 bridgehead atoms. The molecule has 1 N–H and O–H groups in total. The number of amides is 1. The van der Waals surface area contributed by atoms with Crippen molar-refractivity contribution in [1.82, 2.24) is 24.8 Å². The molecule has 2 fully saturated rings. The van der Waals surface area contributed by atoms with Gasteiger partial charge in [-0.2, -0.15) is 4.52 Å². The van der Waals surface area contributed by atoms with E-state index in [9.17, 15) is 4.79 Å². The van der Waals surface area contributed by atoms with Gasteiger partial charge in [0.15, 0.2) is 10.8 Å². The Hall–Kier alpha value is -2.72. The summed E-state index contributed by atoms with van der Waals surface area (Å²) in [4.78, 5) is 17.6. The van der Waals surface area contributed by atoms with Gasteiger partial charge in [0.1, 0.15) is 6.10 Å². The van der Waals surface area contributed by atoms with Crippen molar-refractivity contribution < 1.29 is 9.53 Å². The van der Waals surface area contributed by atoms with Crippen molar-refractivity contribution in [2.24, 2.45) is 11.8 Å². The fourth-order valence-corrected chi connectivity index (χ4v) is 6.02. The predicted octanol–water partition coefficient (Wildman–Crippen LogP) is 5.19. The second-order valence-corrected chi connectivity index (χ2v) is 11.0. The lowest BCUT2D eigenvalue weighted by Gasteiger charge is -2.26. The first-order valence-corrected chi connectivity index (χ1v) is 13.0. The summed E-state index contributed by atoms with van der Waals surface area (Å²) in [5, 5.41) is 17.5. The van der Waals surface area contributed by atoms with Gasteiger partial charge >= 0.3 is 0 Å². The molecular weight excluding hydrogens is 456 g/mol. The van der Waals surface area contributed by atoms with Gasteiger partial charge in [0.05, 0.1) is 10.2 Å². The molecule has 6 rings (SSSR count). The van der Waals surface area contributed by atoms with Crippen LogP contribution >= 0.6 is 23.1 Å². The average molecular weight is 481 g/mol. The zero-order valence-corrected chi connectivity index (χ0v) is 19.9. The molecule has 0 spiro atoms. The number of thiazole rings is 1. The smallest absolute Gasteiger partial charge is 0.232 e. The number of hydrogen-bond acceptors (Lipinski definition) is 8. The van der Waals surface area contributed by atoms with Crippen LogP contribution in [0.3, 0.4) is 0 Å². The SMILES string of the molecule is CC1CCCC(Oc2ccc3nnc(Sc4ccc5nc(NC(=O)C6CC6)sc5c4)n3n2)C1. The van der Waals surface area contributed by atoms with Gasteiger partial charge in [0.25, 0.3) is 0 Å². The molecule has 4 aromatic rings. The van der Waals surface area contributed by atoms with Crippen LogP contribution in [0.15, 0.2) is 40.4 Å². The monoisotopic (exact) mass is 480 g/mol. The van der Waals surface area contributed by atoms with E-state index in [1.54, 1.807) is 4.52 Å². The van der Waals surface area contributed by atoms with Crippen molar-refractivity contribution in [3.63, 3.8) is 0 Å². The van der Waals surface area contributed by atoms with Crippen molar-refractivity contribution in [1.29, 1.82) is 0 Å². The molecule has 2 unspecified atom stereocenters. The Kier molecular flexibility index (Phi) is 5.41. The standard InChI is InChI=1S/C23H24N6O2S2/c1-13-3-2-4-15(11-13)31-20-10-9-19-26-27-23(29(19)28-20)32-16-7-8-17-18(12-16)33-22(24-17)25-21(30)14-5-6-14/h7-10,12-15H,2-6,11H2,1H3,(H,24,25,30). The Morgan fingerprint density at radius 3 is 2.94 bits per heavy atom. The number of nitrogens with one attached hydrogen (secondary N) is 1. The second kappa shape index (κ2) is 8.57. The molecule has 3 aromatic heterocycles. The van der Waals surface area contributed by atoms with E-state index in [0.29, 0.717) is 27.7 Å². The van der Waals surface area contributed by atoms with Gasteiger partial charge < -0.3 is 10.1 Å². The molecule has 3 heterocycles. The third kappa shape index (κ3) is 4.54. The summed E-state index contributed by atoms with van der Waals surface area (Å²) >= 11 is 2.98. The molecule has 2 aliphatic rings. The summed E-state index contributed by atoms with van der Waals surface area (Å²) in [6, 6.07) is 9.81. The summed E-state index contributed by atoms with van der Waals surface area (Å²) in [5.41, 5.74) is 1.56. The number of nitrogens with zero attached hydrogens (tertiary/aromatic N) is 5. The van der Waals surface area contributed by atoms with Crippen LogP contribution in [0, 0.1) is 11.8 Å². The highest BCUT2D eigenvalue weighted by molar-refractivity contribution is 7.99. The van der Waals surface area contributed by atoms with Crippen LogP contribution < -0.4 is 10.1 Å². The number of carbonyl (C=O) groups is 1. The average Bonchev–Trinajstić information content (AvgIpc) is 3.48. The number of anilines is 1. The normalized spacial score (nSPS) is 20.9. The fourth-order valence-electron chi connectivity index (χ4n) is 4.22. The number of rotatable bonds is 6. The molecule has 0 radical (unpaired) electrons. The van der Waals surface area contributed by atoms with E-state index < -0.39 is 0 Å². The lowest BCUT2D eigenvalue weighted by molar-refractivity contribution is -0.117. The first kappa shape index (κ1) is 20.9. The van der Waals surface area contributed by atoms with Crippen molar-refractivity contribution >= 4 is 50.0 Å². The summed E-state index contributed by atoms with van der Waals surface area (Å²) in [5.74, 6) is 1.53. The molecule has 33 heavy (non-hydrogen) atoms. The maximum absolute atomic E-state index is 12.0. The summed E-state index contributed by atoms with van der Waals surface area (Å²) in [6.07, 6.45) is 6.79. The zero-order valence-electron chi connectivity index (χ0n) is 18.2. The third-order valence-electron chi connectivity index (χ3n) is 6.13. The quantitative estimate of drug-likeness (QED) is 0.406. The van der Waals surface area contributed by atoms with Gasteiger partial charge in [0, 0.05) is 16.9 Å². The Bertz CT molecular complexity index is 1330. The van der Waals surface area contributed by atoms with Crippen molar-refractivity contribution in [3.8, 4) is 5.88 Å². The van der Waals surface area contributed by atoms with Gasteiger partial charge in [-0.3, -0.25) is 4.79 Å². The Morgan fingerprint density at radius 2 is 2.09 bits per heavy atom. The molecule has 1 aromatic carbocycles. The number of carbonyl (C=O) groups excluding carboxylic acids is 1. The van der Waals surface area contributed by atoms with E-state index in [1.807, 2.05) is 24.3 Å². The maximum Gasteiger partial charge on any atom is 0.232 e. The topological polar surface area (TPSA) is 94.3 Å². The Balaban J connectivity index is 1.21. The van der Waals surface area contributed by atoms with Crippen LogP contribution in [0.25, 0.3) is 15.9 Å². The molecule has 1 amide bonds. The molecule has 0 saturated heterocycles. The zero-order chi connectivity index (χ0) is 22.4. The lowest BCUT2D eigenvalue weighted by atomic mass is 9.89. The van der Waals surface area contributed by atoms with E-state index >= 15 is 0 Å². The van der Waals surface area contributed by atoms with Crippen LogP contribution in [-0.2, 0) is 4.79 Å². The second-order valence-electron chi connectivity index (χ2n) is 8.95. The number of fused-ring (bicyclic) bond motifs is 2. The molecular formula is C23H24N6O2S2. The van der Waals surface area contributed by atoms with E-state index in [4.69, 9.17) is 4.74 Å². The molecule has 2 atom stereocenters. The van der Waals surface area contributed by atoms with Crippen LogP contribution in [-0.4, -0.2) is 36.8 Å². The highest BCUT2D eigenvalue weighted by Gasteiger charge is 2.30. The molecule has 2 saturated carbocycles. The Labute approximate surface area is 199 Å².